The highest BCUT2D eigenvalue weighted by atomic mass is 16.4. The van der Waals surface area contributed by atoms with Crippen LogP contribution in [-0.2, 0) is 6.54 Å². The van der Waals surface area contributed by atoms with Crippen molar-refractivity contribution < 1.29 is 14.7 Å². The number of aryl methyl sites for hydroxylation is 1. The summed E-state index contributed by atoms with van der Waals surface area (Å²) < 4.78 is 0. The van der Waals surface area contributed by atoms with Crippen molar-refractivity contribution in [2.24, 2.45) is 0 Å². The van der Waals surface area contributed by atoms with E-state index in [1.807, 2.05) is 31.2 Å². The molecule has 1 aromatic heterocycles. The number of rotatable bonds is 4. The summed E-state index contributed by atoms with van der Waals surface area (Å²) in [5, 5.41) is 8.79. The minimum atomic E-state index is -1.11. The zero-order valence-corrected chi connectivity index (χ0v) is 11.9. The second-order valence-electron chi connectivity index (χ2n) is 4.82. The van der Waals surface area contributed by atoms with Crippen molar-refractivity contribution in [3.63, 3.8) is 0 Å². The Morgan fingerprint density at radius 2 is 1.90 bits per heavy atom. The summed E-state index contributed by atoms with van der Waals surface area (Å²) in [5.74, 6) is -1.30. The number of amides is 1. The maximum atomic E-state index is 12.3. The summed E-state index contributed by atoms with van der Waals surface area (Å²) in [4.78, 5) is 28.4. The molecule has 108 valence electrons. The predicted molar refractivity (Wildman–Crippen MR) is 78.2 cm³/mol. The van der Waals surface area contributed by atoms with E-state index >= 15 is 0 Å². The highest BCUT2D eigenvalue weighted by Gasteiger charge is 2.14. The van der Waals surface area contributed by atoms with Crippen molar-refractivity contribution in [1.29, 1.82) is 0 Å². The molecule has 0 saturated heterocycles. The van der Waals surface area contributed by atoms with Gasteiger partial charge in [-0.05, 0) is 30.2 Å². The van der Waals surface area contributed by atoms with Gasteiger partial charge in [0, 0.05) is 19.8 Å². The van der Waals surface area contributed by atoms with Crippen LogP contribution < -0.4 is 0 Å². The smallest absolute Gasteiger partial charge is 0.354 e. The molecule has 1 N–H and O–H groups in total. The van der Waals surface area contributed by atoms with E-state index in [1.165, 1.54) is 18.3 Å². The summed E-state index contributed by atoms with van der Waals surface area (Å²) in [6, 6.07) is 10.7. The van der Waals surface area contributed by atoms with Crippen LogP contribution in [-0.4, -0.2) is 33.9 Å². The number of carbonyl (C=O) groups excluding carboxylic acids is 1. The summed E-state index contributed by atoms with van der Waals surface area (Å²) in [6.07, 6.45) is 1.29. The van der Waals surface area contributed by atoms with E-state index in [0.29, 0.717) is 12.1 Å². The molecule has 0 atom stereocenters. The van der Waals surface area contributed by atoms with Crippen LogP contribution in [0.3, 0.4) is 0 Å². The van der Waals surface area contributed by atoms with Gasteiger partial charge in [0.25, 0.3) is 5.91 Å². The molecular weight excluding hydrogens is 268 g/mol. The molecule has 0 aliphatic carbocycles. The molecule has 0 spiro atoms. The Balaban J connectivity index is 2.12. The van der Waals surface area contributed by atoms with Crippen LogP contribution >= 0.6 is 0 Å². The first-order valence-electron chi connectivity index (χ1n) is 6.48. The van der Waals surface area contributed by atoms with Crippen LogP contribution in [0.2, 0.25) is 0 Å². The normalized spacial score (nSPS) is 10.2. The van der Waals surface area contributed by atoms with Gasteiger partial charge in [-0.1, -0.05) is 24.3 Å². The van der Waals surface area contributed by atoms with Crippen molar-refractivity contribution in [3.05, 3.63) is 65.0 Å². The Morgan fingerprint density at radius 1 is 1.19 bits per heavy atom. The van der Waals surface area contributed by atoms with E-state index < -0.39 is 5.97 Å². The Bertz CT molecular complexity index is 665. The molecule has 5 nitrogen and oxygen atoms in total. The molecule has 2 aromatic rings. The van der Waals surface area contributed by atoms with Gasteiger partial charge in [0.15, 0.2) is 0 Å². The zero-order valence-electron chi connectivity index (χ0n) is 11.9. The van der Waals surface area contributed by atoms with Crippen LogP contribution in [0.4, 0.5) is 0 Å². The molecule has 5 heteroatoms. The number of hydrogen-bond acceptors (Lipinski definition) is 3. The average Bonchev–Trinajstić information content (AvgIpc) is 2.49. The fraction of sp³-hybridized carbons (Fsp3) is 0.188. The van der Waals surface area contributed by atoms with Crippen LogP contribution in [0.25, 0.3) is 0 Å². The molecule has 0 saturated carbocycles. The first-order chi connectivity index (χ1) is 9.99. The fourth-order valence-corrected chi connectivity index (χ4v) is 1.98. The van der Waals surface area contributed by atoms with Gasteiger partial charge in [-0.3, -0.25) is 4.79 Å². The number of carbonyl (C=O) groups is 2. The predicted octanol–water partition coefficient (Wildman–Crippen LogP) is 2.36. The van der Waals surface area contributed by atoms with Gasteiger partial charge in [-0.2, -0.15) is 0 Å². The molecule has 0 bridgehead atoms. The molecule has 0 aliphatic rings. The lowest BCUT2D eigenvalue weighted by atomic mass is 10.1. The van der Waals surface area contributed by atoms with E-state index in [-0.39, 0.29) is 11.6 Å². The lowest BCUT2D eigenvalue weighted by Gasteiger charge is -2.18. The standard InChI is InChI=1S/C16H16N2O3/c1-11-5-3-4-6-13(11)10-18(2)15(19)12-7-8-14(16(20)21)17-9-12/h3-9H,10H2,1-2H3,(H,20,21). The fourth-order valence-electron chi connectivity index (χ4n) is 1.98. The number of benzene rings is 1. The van der Waals surface area contributed by atoms with Gasteiger partial charge >= 0.3 is 5.97 Å². The van der Waals surface area contributed by atoms with Gasteiger partial charge in [-0.15, -0.1) is 0 Å². The molecule has 1 amide bonds. The molecule has 1 heterocycles. The maximum absolute atomic E-state index is 12.3. The van der Waals surface area contributed by atoms with E-state index in [4.69, 9.17) is 5.11 Å². The molecule has 0 aliphatic heterocycles. The van der Waals surface area contributed by atoms with E-state index in [2.05, 4.69) is 4.98 Å². The van der Waals surface area contributed by atoms with E-state index in [1.54, 1.807) is 11.9 Å². The van der Waals surface area contributed by atoms with Crippen molar-refractivity contribution in [3.8, 4) is 0 Å². The van der Waals surface area contributed by atoms with Gasteiger partial charge < -0.3 is 10.0 Å². The minimum absolute atomic E-state index is 0.0758. The Hall–Kier alpha value is -2.69. The first-order valence-corrected chi connectivity index (χ1v) is 6.48. The number of carboxylic acid groups (broad SMARTS) is 1. The largest absolute Gasteiger partial charge is 0.477 e. The monoisotopic (exact) mass is 284 g/mol. The van der Waals surface area contributed by atoms with Crippen molar-refractivity contribution in [1.82, 2.24) is 9.88 Å². The number of aromatic carboxylic acids is 1. The van der Waals surface area contributed by atoms with Crippen molar-refractivity contribution >= 4 is 11.9 Å². The quantitative estimate of drug-likeness (QED) is 0.935. The molecule has 0 fully saturated rings. The van der Waals surface area contributed by atoms with Crippen LogP contribution in [0.5, 0.6) is 0 Å². The Kier molecular flexibility index (Phi) is 4.33. The average molecular weight is 284 g/mol. The molecule has 1 aromatic carbocycles. The number of hydrogen-bond donors (Lipinski definition) is 1. The zero-order chi connectivity index (χ0) is 15.4. The summed E-state index contributed by atoms with van der Waals surface area (Å²) >= 11 is 0. The lowest BCUT2D eigenvalue weighted by molar-refractivity contribution is 0.0688. The third-order valence-electron chi connectivity index (χ3n) is 3.25. The molecular formula is C16H16N2O3. The van der Waals surface area contributed by atoms with Gasteiger partial charge in [-0.25, -0.2) is 9.78 Å². The second-order valence-corrected chi connectivity index (χ2v) is 4.82. The Morgan fingerprint density at radius 3 is 2.48 bits per heavy atom. The van der Waals surface area contributed by atoms with Crippen LogP contribution in [0.1, 0.15) is 32.0 Å². The highest BCUT2D eigenvalue weighted by molar-refractivity contribution is 5.94. The van der Waals surface area contributed by atoms with E-state index in [9.17, 15) is 9.59 Å². The third kappa shape index (κ3) is 3.45. The van der Waals surface area contributed by atoms with Crippen molar-refractivity contribution in [2.75, 3.05) is 7.05 Å². The maximum Gasteiger partial charge on any atom is 0.354 e. The number of pyridine rings is 1. The minimum Gasteiger partial charge on any atom is -0.477 e. The summed E-state index contributed by atoms with van der Waals surface area (Å²) in [5.41, 5.74) is 2.49. The lowest BCUT2D eigenvalue weighted by Crippen LogP contribution is -2.26. The third-order valence-corrected chi connectivity index (χ3v) is 3.25. The SMILES string of the molecule is Cc1ccccc1CN(C)C(=O)c1ccc(C(=O)O)nc1. The van der Waals surface area contributed by atoms with Crippen molar-refractivity contribution in [2.45, 2.75) is 13.5 Å². The van der Waals surface area contributed by atoms with Crippen LogP contribution in [0.15, 0.2) is 42.6 Å². The van der Waals surface area contributed by atoms with Crippen LogP contribution in [0, 0.1) is 6.92 Å². The number of nitrogens with zero attached hydrogens (tertiary/aromatic N) is 2. The molecule has 21 heavy (non-hydrogen) atoms. The molecule has 2 rings (SSSR count). The first kappa shape index (κ1) is 14.7. The Labute approximate surface area is 122 Å². The number of carboxylic acids is 1. The molecule has 0 unspecified atom stereocenters. The van der Waals surface area contributed by atoms with Gasteiger partial charge in [0.05, 0.1) is 5.56 Å². The van der Waals surface area contributed by atoms with E-state index in [0.717, 1.165) is 11.1 Å². The summed E-state index contributed by atoms with van der Waals surface area (Å²) in [6.45, 7) is 2.49. The highest BCUT2D eigenvalue weighted by Crippen LogP contribution is 2.12. The number of aromatic nitrogens is 1. The second kappa shape index (κ2) is 6.17. The summed E-state index contributed by atoms with van der Waals surface area (Å²) in [7, 11) is 1.71. The topological polar surface area (TPSA) is 70.5 Å². The molecule has 0 radical (unpaired) electrons. The van der Waals surface area contributed by atoms with Gasteiger partial charge in [0.1, 0.15) is 5.69 Å². The van der Waals surface area contributed by atoms with Gasteiger partial charge in [0.2, 0.25) is 0 Å².